The molecule has 122 valence electrons. The third-order valence-corrected chi connectivity index (χ3v) is 4.01. The number of pyridine rings is 1. The molecule has 24 heavy (non-hydrogen) atoms. The van der Waals surface area contributed by atoms with Crippen LogP contribution in [0.2, 0.25) is 0 Å². The van der Waals surface area contributed by atoms with Gasteiger partial charge in [0.15, 0.2) is 5.13 Å². The van der Waals surface area contributed by atoms with Gasteiger partial charge in [-0.1, -0.05) is 18.2 Å². The van der Waals surface area contributed by atoms with Gasteiger partial charge in [-0.3, -0.25) is 4.79 Å². The third-order valence-electron chi connectivity index (χ3n) is 3.25. The molecule has 0 saturated heterocycles. The van der Waals surface area contributed by atoms with Gasteiger partial charge in [-0.2, -0.15) is 0 Å². The second-order valence-electron chi connectivity index (χ2n) is 4.91. The van der Waals surface area contributed by atoms with E-state index in [1.54, 1.807) is 18.7 Å². The fraction of sp³-hybridized carbons (Fsp3) is 0.118. The average molecular weight is 340 g/mol. The molecule has 7 heteroatoms. The Morgan fingerprint density at radius 2 is 2.04 bits per heavy atom. The Balaban J connectivity index is 1.57. The summed E-state index contributed by atoms with van der Waals surface area (Å²) in [5.41, 5.74) is 1.37. The van der Waals surface area contributed by atoms with Crippen LogP contribution in [0, 0.1) is 0 Å². The number of amides is 1. The number of nitrogens with zero attached hydrogens (tertiary/aromatic N) is 2. The smallest absolute Gasteiger partial charge is 0.271 e. The van der Waals surface area contributed by atoms with Crippen LogP contribution in [-0.4, -0.2) is 23.0 Å². The van der Waals surface area contributed by atoms with Gasteiger partial charge < -0.3 is 15.4 Å². The van der Waals surface area contributed by atoms with E-state index in [9.17, 15) is 4.79 Å². The summed E-state index contributed by atoms with van der Waals surface area (Å²) in [6.07, 6.45) is 1.69. The van der Waals surface area contributed by atoms with Crippen molar-refractivity contribution < 1.29 is 9.53 Å². The second-order valence-corrected chi connectivity index (χ2v) is 5.77. The molecule has 6 nitrogen and oxygen atoms in total. The molecule has 0 spiro atoms. The number of anilines is 2. The first-order valence-corrected chi connectivity index (χ1v) is 8.17. The summed E-state index contributed by atoms with van der Waals surface area (Å²) in [5, 5.41) is 8.26. The predicted molar refractivity (Wildman–Crippen MR) is 93.8 cm³/mol. The van der Waals surface area contributed by atoms with Gasteiger partial charge in [0.05, 0.1) is 7.11 Å². The Morgan fingerprint density at radius 3 is 2.75 bits per heavy atom. The minimum atomic E-state index is -0.212. The van der Waals surface area contributed by atoms with Gasteiger partial charge in [-0.25, -0.2) is 9.97 Å². The van der Waals surface area contributed by atoms with E-state index in [1.165, 1.54) is 11.3 Å². The molecule has 0 aliphatic heterocycles. The quantitative estimate of drug-likeness (QED) is 0.720. The van der Waals surface area contributed by atoms with Crippen LogP contribution < -0.4 is 15.4 Å². The molecule has 1 aromatic carbocycles. The third kappa shape index (κ3) is 4.08. The summed E-state index contributed by atoms with van der Waals surface area (Å²) < 4.78 is 5.11. The first-order valence-electron chi connectivity index (χ1n) is 7.29. The number of benzene rings is 1. The van der Waals surface area contributed by atoms with Crippen LogP contribution in [0.1, 0.15) is 16.1 Å². The molecule has 0 saturated carbocycles. The first kappa shape index (κ1) is 15.9. The van der Waals surface area contributed by atoms with E-state index in [1.807, 2.05) is 42.5 Å². The van der Waals surface area contributed by atoms with Gasteiger partial charge in [-0.15, -0.1) is 11.3 Å². The van der Waals surface area contributed by atoms with Crippen molar-refractivity contribution in [2.75, 3.05) is 12.4 Å². The Labute approximate surface area is 143 Å². The van der Waals surface area contributed by atoms with Crippen LogP contribution in [0.3, 0.4) is 0 Å². The summed E-state index contributed by atoms with van der Waals surface area (Å²) in [4.78, 5) is 20.6. The van der Waals surface area contributed by atoms with Crippen LogP contribution in [0.25, 0.3) is 0 Å². The molecule has 3 aromatic rings. The number of ether oxygens (including phenoxy) is 1. The fourth-order valence-corrected chi connectivity index (χ4v) is 2.70. The SMILES string of the molecule is COc1ccc(CNC(=O)c2csc(Nc3ccccn3)n2)cc1. The molecule has 0 radical (unpaired) electrons. The van der Waals surface area contributed by atoms with Crippen LogP contribution in [0.5, 0.6) is 5.75 Å². The molecular weight excluding hydrogens is 324 g/mol. The zero-order valence-electron chi connectivity index (χ0n) is 13.0. The molecule has 0 bridgehead atoms. The van der Waals surface area contributed by atoms with Gasteiger partial charge in [0.25, 0.3) is 5.91 Å². The summed E-state index contributed by atoms with van der Waals surface area (Å²) in [6, 6.07) is 13.1. The maximum absolute atomic E-state index is 12.2. The molecule has 1 amide bonds. The average Bonchev–Trinajstić information content (AvgIpc) is 3.09. The number of aromatic nitrogens is 2. The monoisotopic (exact) mass is 340 g/mol. The van der Waals surface area contributed by atoms with Crippen molar-refractivity contribution in [3.8, 4) is 5.75 Å². The molecular formula is C17H16N4O2S. The van der Waals surface area contributed by atoms with Gasteiger partial charge in [-0.05, 0) is 29.8 Å². The van der Waals surface area contributed by atoms with Crippen molar-refractivity contribution >= 4 is 28.2 Å². The van der Waals surface area contributed by atoms with Crippen LogP contribution >= 0.6 is 11.3 Å². The van der Waals surface area contributed by atoms with Crippen molar-refractivity contribution in [2.45, 2.75) is 6.54 Å². The molecule has 3 rings (SSSR count). The van der Waals surface area contributed by atoms with Gasteiger partial charge in [0, 0.05) is 18.1 Å². The van der Waals surface area contributed by atoms with E-state index < -0.39 is 0 Å². The predicted octanol–water partition coefficient (Wildman–Crippen LogP) is 3.22. The number of carbonyl (C=O) groups excluding carboxylic acids is 1. The molecule has 0 fully saturated rings. The van der Waals surface area contributed by atoms with E-state index in [-0.39, 0.29) is 5.91 Å². The molecule has 2 aromatic heterocycles. The van der Waals surface area contributed by atoms with Crippen molar-refractivity contribution in [2.24, 2.45) is 0 Å². The lowest BCUT2D eigenvalue weighted by atomic mass is 10.2. The first-order chi connectivity index (χ1) is 11.7. The van der Waals surface area contributed by atoms with Crippen molar-refractivity contribution in [3.63, 3.8) is 0 Å². The minimum absolute atomic E-state index is 0.212. The Kier molecular flexibility index (Phi) is 5.02. The minimum Gasteiger partial charge on any atom is -0.497 e. The lowest BCUT2D eigenvalue weighted by molar-refractivity contribution is 0.0946. The Bertz CT molecular complexity index is 803. The standard InChI is InChI=1S/C17H16N4O2S/c1-23-13-7-5-12(6-8-13)10-19-16(22)14-11-24-17(20-14)21-15-4-2-3-9-18-15/h2-9,11H,10H2,1H3,(H,19,22)(H,18,20,21). The summed E-state index contributed by atoms with van der Waals surface area (Å²) in [6.45, 7) is 0.434. The number of hydrogen-bond donors (Lipinski definition) is 2. The van der Waals surface area contributed by atoms with Gasteiger partial charge in [0.2, 0.25) is 0 Å². The van der Waals surface area contributed by atoms with Crippen LogP contribution in [-0.2, 0) is 6.54 Å². The van der Waals surface area contributed by atoms with Gasteiger partial charge in [0.1, 0.15) is 17.3 Å². The zero-order valence-corrected chi connectivity index (χ0v) is 13.8. The van der Waals surface area contributed by atoms with Crippen LogP contribution in [0.4, 0.5) is 10.9 Å². The molecule has 2 heterocycles. The van der Waals surface area contributed by atoms with E-state index in [0.29, 0.717) is 23.2 Å². The second kappa shape index (κ2) is 7.56. The number of thiazole rings is 1. The largest absolute Gasteiger partial charge is 0.497 e. The van der Waals surface area contributed by atoms with Crippen molar-refractivity contribution in [1.82, 2.24) is 15.3 Å². The molecule has 2 N–H and O–H groups in total. The summed E-state index contributed by atoms with van der Waals surface area (Å²) in [5.74, 6) is 1.27. The molecule has 0 aliphatic rings. The zero-order chi connectivity index (χ0) is 16.8. The lowest BCUT2D eigenvalue weighted by Crippen LogP contribution is -2.23. The number of carbonyl (C=O) groups is 1. The number of methoxy groups -OCH3 is 1. The summed E-state index contributed by atoms with van der Waals surface area (Å²) >= 11 is 1.36. The number of hydrogen-bond acceptors (Lipinski definition) is 6. The number of nitrogens with one attached hydrogen (secondary N) is 2. The maximum atomic E-state index is 12.2. The molecule has 0 unspecified atom stereocenters. The highest BCUT2D eigenvalue weighted by atomic mass is 32.1. The van der Waals surface area contributed by atoms with E-state index >= 15 is 0 Å². The normalized spacial score (nSPS) is 10.2. The van der Waals surface area contributed by atoms with E-state index in [4.69, 9.17) is 4.74 Å². The lowest BCUT2D eigenvalue weighted by Gasteiger charge is -2.05. The molecule has 0 atom stereocenters. The van der Waals surface area contributed by atoms with Crippen molar-refractivity contribution in [3.05, 3.63) is 65.3 Å². The highest BCUT2D eigenvalue weighted by Gasteiger charge is 2.11. The van der Waals surface area contributed by atoms with E-state index in [2.05, 4.69) is 20.6 Å². The summed E-state index contributed by atoms with van der Waals surface area (Å²) in [7, 11) is 1.62. The fourth-order valence-electron chi connectivity index (χ4n) is 2.00. The van der Waals surface area contributed by atoms with E-state index in [0.717, 1.165) is 11.3 Å². The Morgan fingerprint density at radius 1 is 1.21 bits per heavy atom. The Hall–Kier alpha value is -2.93. The highest BCUT2D eigenvalue weighted by molar-refractivity contribution is 7.14. The molecule has 0 aliphatic carbocycles. The highest BCUT2D eigenvalue weighted by Crippen LogP contribution is 2.19. The van der Waals surface area contributed by atoms with Crippen LogP contribution in [0.15, 0.2) is 54.0 Å². The van der Waals surface area contributed by atoms with Crippen molar-refractivity contribution in [1.29, 1.82) is 0 Å². The van der Waals surface area contributed by atoms with Gasteiger partial charge >= 0.3 is 0 Å². The number of rotatable bonds is 6. The topological polar surface area (TPSA) is 76.1 Å². The maximum Gasteiger partial charge on any atom is 0.271 e.